The molecule has 7 heteroatoms. The Morgan fingerprint density at radius 1 is 0.852 bits per heavy atom. The van der Waals surface area contributed by atoms with Crippen LogP contribution in [0, 0.1) is 0 Å². The number of urea groups is 1. The topological polar surface area (TPSA) is 70.2 Å². The molecule has 3 rings (SSSR count). The van der Waals surface area contributed by atoms with Gasteiger partial charge in [0.25, 0.3) is 0 Å². The Bertz CT molecular complexity index is 836. The maximum atomic E-state index is 12.6. The Morgan fingerprint density at radius 3 is 2.11 bits per heavy atom. The number of carbonyl (C=O) groups is 3. The lowest BCUT2D eigenvalue weighted by Crippen LogP contribution is -2.40. The first-order valence-electron chi connectivity index (χ1n) is 8.52. The zero-order valence-electron chi connectivity index (χ0n) is 15.3. The molecule has 1 fully saturated rings. The van der Waals surface area contributed by atoms with Crippen LogP contribution in [-0.4, -0.2) is 53.4 Å². The van der Waals surface area contributed by atoms with Gasteiger partial charge >= 0.3 is 17.8 Å². The Labute approximate surface area is 157 Å². The lowest BCUT2D eigenvalue weighted by atomic mass is 10.2. The molecular formula is C20H21N3O4. The summed E-state index contributed by atoms with van der Waals surface area (Å²) < 4.78 is 5.13. The van der Waals surface area contributed by atoms with Gasteiger partial charge in [-0.2, -0.15) is 0 Å². The van der Waals surface area contributed by atoms with E-state index in [1.165, 1.54) is 0 Å². The third kappa shape index (κ3) is 4.15. The fourth-order valence-corrected chi connectivity index (χ4v) is 2.91. The summed E-state index contributed by atoms with van der Waals surface area (Å²) in [4.78, 5) is 40.8. The maximum Gasteiger partial charge on any atom is 0.335 e. The molecule has 2 aromatic carbocycles. The van der Waals surface area contributed by atoms with Gasteiger partial charge < -0.3 is 4.74 Å². The molecule has 0 unspecified atom stereocenters. The van der Waals surface area contributed by atoms with Gasteiger partial charge in [0, 0.05) is 6.54 Å². The summed E-state index contributed by atoms with van der Waals surface area (Å²) in [5, 5.41) is 0. The number of rotatable bonds is 7. The molecule has 0 aromatic heterocycles. The maximum absolute atomic E-state index is 12.6. The number of hydrogen-bond acceptors (Lipinski definition) is 5. The number of methoxy groups -OCH3 is 1. The second-order valence-electron chi connectivity index (χ2n) is 6.40. The van der Waals surface area contributed by atoms with Gasteiger partial charge in [-0.25, -0.2) is 9.69 Å². The van der Waals surface area contributed by atoms with Crippen molar-refractivity contribution in [2.75, 3.05) is 20.8 Å². The van der Waals surface area contributed by atoms with Crippen LogP contribution >= 0.6 is 0 Å². The fourth-order valence-electron chi connectivity index (χ4n) is 2.91. The van der Waals surface area contributed by atoms with Gasteiger partial charge in [-0.15, -0.1) is 0 Å². The highest BCUT2D eigenvalue weighted by atomic mass is 16.5. The highest BCUT2D eigenvalue weighted by Gasteiger charge is 2.44. The number of nitrogens with zero attached hydrogens (tertiary/aromatic N) is 3. The third-order valence-corrected chi connectivity index (χ3v) is 4.31. The second-order valence-corrected chi connectivity index (χ2v) is 6.40. The van der Waals surface area contributed by atoms with Crippen LogP contribution in [0.15, 0.2) is 54.6 Å². The van der Waals surface area contributed by atoms with Gasteiger partial charge in [0.05, 0.1) is 20.3 Å². The zero-order chi connectivity index (χ0) is 19.4. The summed E-state index contributed by atoms with van der Waals surface area (Å²) in [5.41, 5.74) is 1.80. The molecule has 4 amide bonds. The Kier molecular flexibility index (Phi) is 5.52. The smallest absolute Gasteiger partial charge is 0.335 e. The van der Waals surface area contributed by atoms with E-state index in [-0.39, 0.29) is 13.2 Å². The van der Waals surface area contributed by atoms with Crippen LogP contribution in [0.5, 0.6) is 5.75 Å². The van der Waals surface area contributed by atoms with Gasteiger partial charge in [0.15, 0.2) is 0 Å². The molecule has 2 aromatic rings. The van der Waals surface area contributed by atoms with E-state index in [1.54, 1.807) is 19.1 Å². The molecule has 1 heterocycles. The van der Waals surface area contributed by atoms with Crippen molar-refractivity contribution in [1.29, 1.82) is 0 Å². The van der Waals surface area contributed by atoms with Crippen molar-refractivity contribution in [3.8, 4) is 5.75 Å². The predicted molar refractivity (Wildman–Crippen MR) is 98.6 cm³/mol. The number of carbonyl (C=O) groups excluding carboxylic acids is 3. The van der Waals surface area contributed by atoms with Crippen molar-refractivity contribution in [2.45, 2.75) is 13.1 Å². The first-order chi connectivity index (χ1) is 13.0. The molecule has 27 heavy (non-hydrogen) atoms. The van der Waals surface area contributed by atoms with E-state index in [2.05, 4.69) is 0 Å². The van der Waals surface area contributed by atoms with Crippen LogP contribution in [0.2, 0.25) is 0 Å². The van der Waals surface area contributed by atoms with Gasteiger partial charge in [-0.3, -0.25) is 19.4 Å². The minimum absolute atomic E-state index is 0.0424. The zero-order valence-corrected chi connectivity index (χ0v) is 15.3. The van der Waals surface area contributed by atoms with Crippen LogP contribution in [-0.2, 0) is 22.7 Å². The summed E-state index contributed by atoms with van der Waals surface area (Å²) in [6, 6.07) is 16.0. The number of ether oxygens (including phenoxy) is 1. The molecule has 0 aliphatic carbocycles. The molecule has 0 saturated carbocycles. The number of amides is 4. The van der Waals surface area contributed by atoms with E-state index in [0.29, 0.717) is 6.54 Å². The predicted octanol–water partition coefficient (Wildman–Crippen LogP) is 2.08. The summed E-state index contributed by atoms with van der Waals surface area (Å²) in [6.45, 7) is 0.650. The van der Waals surface area contributed by atoms with Crippen LogP contribution < -0.4 is 4.74 Å². The van der Waals surface area contributed by atoms with Crippen LogP contribution in [0.25, 0.3) is 0 Å². The largest absolute Gasteiger partial charge is 0.497 e. The first-order valence-corrected chi connectivity index (χ1v) is 8.52. The summed E-state index contributed by atoms with van der Waals surface area (Å²) >= 11 is 0. The van der Waals surface area contributed by atoms with Crippen LogP contribution in [0.3, 0.4) is 0 Å². The van der Waals surface area contributed by atoms with Crippen molar-refractivity contribution in [2.24, 2.45) is 0 Å². The minimum atomic E-state index is -0.794. The van der Waals surface area contributed by atoms with Crippen molar-refractivity contribution >= 4 is 17.8 Å². The van der Waals surface area contributed by atoms with E-state index in [9.17, 15) is 14.4 Å². The molecule has 1 aliphatic heterocycles. The third-order valence-electron chi connectivity index (χ3n) is 4.31. The van der Waals surface area contributed by atoms with Crippen molar-refractivity contribution in [3.63, 3.8) is 0 Å². The van der Waals surface area contributed by atoms with Gasteiger partial charge in [0.2, 0.25) is 0 Å². The molecule has 140 valence electrons. The van der Waals surface area contributed by atoms with Crippen LogP contribution in [0.4, 0.5) is 4.79 Å². The summed E-state index contributed by atoms with van der Waals surface area (Å²) in [6.07, 6.45) is 0. The molecular weight excluding hydrogens is 346 g/mol. The Balaban J connectivity index is 1.64. The van der Waals surface area contributed by atoms with Gasteiger partial charge in [-0.05, 0) is 30.3 Å². The van der Waals surface area contributed by atoms with E-state index in [0.717, 1.165) is 26.7 Å². The lowest BCUT2D eigenvalue weighted by molar-refractivity contribution is -0.144. The molecule has 0 bridgehead atoms. The highest BCUT2D eigenvalue weighted by Crippen LogP contribution is 2.17. The second kappa shape index (κ2) is 8.01. The standard InChI is InChI=1S/C20H21N3O4/c1-21(12-16-8-10-17(27-2)11-9-16)14-23-19(25)18(24)22(20(23)26)13-15-6-4-3-5-7-15/h3-11H,12-14H2,1-2H3. The van der Waals surface area contributed by atoms with Crippen molar-refractivity contribution in [3.05, 3.63) is 65.7 Å². The number of benzene rings is 2. The molecule has 1 saturated heterocycles. The molecule has 7 nitrogen and oxygen atoms in total. The minimum Gasteiger partial charge on any atom is -0.497 e. The summed E-state index contributed by atoms with van der Waals surface area (Å²) in [7, 11) is 3.39. The normalized spacial score (nSPS) is 14.4. The van der Waals surface area contributed by atoms with Crippen molar-refractivity contribution < 1.29 is 19.1 Å². The molecule has 0 atom stereocenters. The van der Waals surface area contributed by atoms with E-state index >= 15 is 0 Å². The van der Waals surface area contributed by atoms with Gasteiger partial charge in [0.1, 0.15) is 5.75 Å². The number of hydrogen-bond donors (Lipinski definition) is 0. The van der Waals surface area contributed by atoms with Crippen LogP contribution in [0.1, 0.15) is 11.1 Å². The molecule has 0 N–H and O–H groups in total. The van der Waals surface area contributed by atoms with E-state index in [4.69, 9.17) is 4.74 Å². The average Bonchev–Trinajstić information content (AvgIpc) is 2.87. The number of imide groups is 2. The molecule has 0 radical (unpaired) electrons. The van der Waals surface area contributed by atoms with E-state index in [1.807, 2.05) is 54.6 Å². The summed E-state index contributed by atoms with van der Waals surface area (Å²) in [5.74, 6) is -0.826. The quantitative estimate of drug-likeness (QED) is 0.554. The first kappa shape index (κ1) is 18.6. The Morgan fingerprint density at radius 2 is 1.48 bits per heavy atom. The van der Waals surface area contributed by atoms with Crippen molar-refractivity contribution in [1.82, 2.24) is 14.7 Å². The highest BCUT2D eigenvalue weighted by molar-refractivity contribution is 6.44. The molecule has 1 aliphatic rings. The average molecular weight is 367 g/mol. The fraction of sp³-hybridized carbons (Fsp3) is 0.250. The Hall–Kier alpha value is -3.19. The molecule has 0 spiro atoms. The lowest BCUT2D eigenvalue weighted by Gasteiger charge is -2.22. The SMILES string of the molecule is COc1ccc(CN(C)CN2C(=O)C(=O)N(Cc3ccccc3)C2=O)cc1. The van der Waals surface area contributed by atoms with Gasteiger partial charge in [-0.1, -0.05) is 42.5 Å². The monoisotopic (exact) mass is 367 g/mol. The van der Waals surface area contributed by atoms with E-state index < -0.39 is 17.8 Å².